The Kier molecular flexibility index (Phi) is 3.00. The van der Waals surface area contributed by atoms with Crippen LogP contribution in [0.25, 0.3) is 0 Å². The Hall–Kier alpha value is -2.03. The number of anilines is 1. The average molecular weight is 229 g/mol. The lowest BCUT2D eigenvalue weighted by molar-refractivity contribution is 0.102. The van der Waals surface area contributed by atoms with E-state index in [2.05, 4.69) is 5.32 Å². The van der Waals surface area contributed by atoms with Gasteiger partial charge >= 0.3 is 0 Å². The maximum atomic E-state index is 12.0. The lowest BCUT2D eigenvalue weighted by atomic mass is 10.2. The molecular formula is C14H15NO2. The van der Waals surface area contributed by atoms with E-state index in [4.69, 9.17) is 4.42 Å². The van der Waals surface area contributed by atoms with Gasteiger partial charge in [0.25, 0.3) is 5.91 Å². The third-order valence-electron chi connectivity index (χ3n) is 2.56. The first-order chi connectivity index (χ1) is 8.06. The van der Waals surface area contributed by atoms with Gasteiger partial charge in [0, 0.05) is 5.69 Å². The Morgan fingerprint density at radius 1 is 1.18 bits per heavy atom. The van der Waals surface area contributed by atoms with Crippen LogP contribution in [-0.4, -0.2) is 5.91 Å². The molecule has 0 bridgehead atoms. The second-order valence-corrected chi connectivity index (χ2v) is 4.15. The highest BCUT2D eigenvalue weighted by molar-refractivity contribution is 6.05. The predicted molar refractivity (Wildman–Crippen MR) is 67.3 cm³/mol. The van der Waals surface area contributed by atoms with Crippen LogP contribution in [0.4, 0.5) is 5.69 Å². The first kappa shape index (κ1) is 11.5. The van der Waals surface area contributed by atoms with Crippen LogP contribution in [0.1, 0.15) is 27.4 Å². The SMILES string of the molecule is Cc1cccc(NC(=O)c2cc(C)oc2C)c1. The van der Waals surface area contributed by atoms with Crippen molar-refractivity contribution in [3.8, 4) is 0 Å². The number of benzene rings is 1. The Bertz CT molecular complexity index is 555. The summed E-state index contributed by atoms with van der Waals surface area (Å²) in [4.78, 5) is 12.0. The van der Waals surface area contributed by atoms with Gasteiger partial charge < -0.3 is 9.73 Å². The van der Waals surface area contributed by atoms with E-state index < -0.39 is 0 Å². The Morgan fingerprint density at radius 2 is 1.94 bits per heavy atom. The molecule has 2 aromatic rings. The minimum absolute atomic E-state index is 0.134. The van der Waals surface area contributed by atoms with Crippen molar-refractivity contribution in [2.24, 2.45) is 0 Å². The summed E-state index contributed by atoms with van der Waals surface area (Å²) in [6.45, 7) is 5.61. The van der Waals surface area contributed by atoms with Gasteiger partial charge in [-0.3, -0.25) is 4.79 Å². The molecule has 1 amide bonds. The van der Waals surface area contributed by atoms with E-state index in [0.717, 1.165) is 17.0 Å². The van der Waals surface area contributed by atoms with Gasteiger partial charge in [-0.25, -0.2) is 0 Å². The molecule has 1 heterocycles. The van der Waals surface area contributed by atoms with Crippen molar-refractivity contribution in [1.29, 1.82) is 0 Å². The fourth-order valence-corrected chi connectivity index (χ4v) is 1.78. The maximum absolute atomic E-state index is 12.0. The second-order valence-electron chi connectivity index (χ2n) is 4.15. The fraction of sp³-hybridized carbons (Fsp3) is 0.214. The predicted octanol–water partition coefficient (Wildman–Crippen LogP) is 3.46. The molecular weight excluding hydrogens is 214 g/mol. The van der Waals surface area contributed by atoms with E-state index in [1.807, 2.05) is 38.1 Å². The molecule has 0 fully saturated rings. The Labute approximate surface area is 100 Å². The molecule has 0 spiro atoms. The van der Waals surface area contributed by atoms with Crippen LogP contribution in [0.2, 0.25) is 0 Å². The van der Waals surface area contributed by atoms with Gasteiger partial charge in [0.2, 0.25) is 0 Å². The molecule has 3 heteroatoms. The van der Waals surface area contributed by atoms with Gasteiger partial charge in [-0.05, 0) is 44.5 Å². The lowest BCUT2D eigenvalue weighted by Gasteiger charge is -2.04. The number of rotatable bonds is 2. The van der Waals surface area contributed by atoms with Gasteiger partial charge in [0.15, 0.2) is 0 Å². The highest BCUT2D eigenvalue weighted by Crippen LogP contribution is 2.16. The number of carbonyl (C=O) groups is 1. The van der Waals surface area contributed by atoms with Crippen molar-refractivity contribution < 1.29 is 9.21 Å². The van der Waals surface area contributed by atoms with Crippen LogP contribution in [0.5, 0.6) is 0 Å². The number of nitrogens with one attached hydrogen (secondary N) is 1. The Morgan fingerprint density at radius 3 is 2.53 bits per heavy atom. The monoisotopic (exact) mass is 229 g/mol. The molecule has 0 aliphatic heterocycles. The van der Waals surface area contributed by atoms with Crippen LogP contribution in [0.3, 0.4) is 0 Å². The van der Waals surface area contributed by atoms with Crippen LogP contribution in [0.15, 0.2) is 34.7 Å². The van der Waals surface area contributed by atoms with Gasteiger partial charge in [-0.15, -0.1) is 0 Å². The fourth-order valence-electron chi connectivity index (χ4n) is 1.78. The molecule has 0 unspecified atom stereocenters. The molecule has 0 aliphatic rings. The van der Waals surface area contributed by atoms with Crippen molar-refractivity contribution in [3.63, 3.8) is 0 Å². The van der Waals surface area contributed by atoms with Gasteiger partial charge in [0.05, 0.1) is 5.56 Å². The summed E-state index contributed by atoms with van der Waals surface area (Å²) < 4.78 is 5.34. The lowest BCUT2D eigenvalue weighted by Crippen LogP contribution is -2.12. The zero-order valence-corrected chi connectivity index (χ0v) is 10.2. The topological polar surface area (TPSA) is 42.2 Å². The number of hydrogen-bond donors (Lipinski definition) is 1. The van der Waals surface area contributed by atoms with Crippen molar-refractivity contribution in [3.05, 3.63) is 53.0 Å². The van der Waals surface area contributed by atoms with Crippen LogP contribution in [0, 0.1) is 20.8 Å². The summed E-state index contributed by atoms with van der Waals surface area (Å²) in [5.74, 6) is 1.26. The van der Waals surface area contributed by atoms with E-state index in [-0.39, 0.29) is 5.91 Å². The number of hydrogen-bond acceptors (Lipinski definition) is 2. The van der Waals surface area contributed by atoms with Crippen LogP contribution >= 0.6 is 0 Å². The zero-order chi connectivity index (χ0) is 12.4. The van der Waals surface area contributed by atoms with E-state index in [1.165, 1.54) is 0 Å². The zero-order valence-electron chi connectivity index (χ0n) is 10.2. The van der Waals surface area contributed by atoms with Crippen molar-refractivity contribution >= 4 is 11.6 Å². The Balaban J connectivity index is 2.20. The highest BCUT2D eigenvalue weighted by Gasteiger charge is 2.13. The molecule has 0 radical (unpaired) electrons. The number of carbonyl (C=O) groups excluding carboxylic acids is 1. The van der Waals surface area contributed by atoms with E-state index in [0.29, 0.717) is 11.3 Å². The van der Waals surface area contributed by atoms with Gasteiger partial charge in [-0.1, -0.05) is 12.1 Å². The quantitative estimate of drug-likeness (QED) is 0.856. The molecule has 0 atom stereocenters. The van der Waals surface area contributed by atoms with Crippen molar-refractivity contribution in [2.45, 2.75) is 20.8 Å². The number of furan rings is 1. The minimum atomic E-state index is -0.134. The number of amides is 1. The summed E-state index contributed by atoms with van der Waals surface area (Å²) in [7, 11) is 0. The number of aryl methyl sites for hydroxylation is 3. The largest absolute Gasteiger partial charge is 0.466 e. The summed E-state index contributed by atoms with van der Waals surface area (Å²) in [6.07, 6.45) is 0. The molecule has 88 valence electrons. The summed E-state index contributed by atoms with van der Waals surface area (Å²) in [5, 5.41) is 2.85. The van der Waals surface area contributed by atoms with Crippen LogP contribution in [-0.2, 0) is 0 Å². The third-order valence-corrected chi connectivity index (χ3v) is 2.56. The average Bonchev–Trinajstić information content (AvgIpc) is 2.58. The van der Waals surface area contributed by atoms with E-state index in [9.17, 15) is 4.79 Å². The standard InChI is InChI=1S/C14H15NO2/c1-9-5-4-6-12(7-9)15-14(16)13-8-10(2)17-11(13)3/h4-8H,1-3H3,(H,15,16). The molecule has 17 heavy (non-hydrogen) atoms. The van der Waals surface area contributed by atoms with Crippen LogP contribution < -0.4 is 5.32 Å². The molecule has 0 aliphatic carbocycles. The molecule has 0 saturated heterocycles. The van der Waals surface area contributed by atoms with Crippen molar-refractivity contribution in [1.82, 2.24) is 0 Å². The normalized spacial score (nSPS) is 10.3. The van der Waals surface area contributed by atoms with Gasteiger partial charge in [-0.2, -0.15) is 0 Å². The smallest absolute Gasteiger partial charge is 0.259 e. The molecule has 1 aromatic carbocycles. The van der Waals surface area contributed by atoms with E-state index >= 15 is 0 Å². The van der Waals surface area contributed by atoms with Crippen molar-refractivity contribution in [2.75, 3.05) is 5.32 Å². The summed E-state index contributed by atoms with van der Waals surface area (Å²) in [6, 6.07) is 9.45. The summed E-state index contributed by atoms with van der Waals surface area (Å²) in [5.41, 5.74) is 2.50. The van der Waals surface area contributed by atoms with E-state index in [1.54, 1.807) is 13.0 Å². The first-order valence-electron chi connectivity index (χ1n) is 5.51. The van der Waals surface area contributed by atoms with Gasteiger partial charge in [0.1, 0.15) is 11.5 Å². The third kappa shape index (κ3) is 2.56. The molecule has 1 N–H and O–H groups in total. The first-order valence-corrected chi connectivity index (χ1v) is 5.51. The second kappa shape index (κ2) is 4.45. The minimum Gasteiger partial charge on any atom is -0.466 e. The molecule has 1 aromatic heterocycles. The highest BCUT2D eigenvalue weighted by atomic mass is 16.3. The maximum Gasteiger partial charge on any atom is 0.259 e. The summed E-state index contributed by atoms with van der Waals surface area (Å²) >= 11 is 0. The molecule has 3 nitrogen and oxygen atoms in total. The molecule has 0 saturated carbocycles. The molecule has 2 rings (SSSR count).